The van der Waals surface area contributed by atoms with Crippen LogP contribution < -0.4 is 0 Å². The lowest BCUT2D eigenvalue weighted by Gasteiger charge is -2.05. The number of hydrogen-bond acceptors (Lipinski definition) is 4. The maximum atomic E-state index is 4.95. The molecule has 0 radical (unpaired) electrons. The van der Waals surface area contributed by atoms with Crippen molar-refractivity contribution in [2.75, 3.05) is 0 Å². The van der Waals surface area contributed by atoms with E-state index in [1.807, 2.05) is 24.5 Å². The van der Waals surface area contributed by atoms with E-state index in [9.17, 15) is 0 Å². The smallest absolute Gasteiger partial charge is 0.109 e. The minimum atomic E-state index is 0.365. The van der Waals surface area contributed by atoms with Gasteiger partial charge >= 0.3 is 0 Å². The second-order valence-corrected chi connectivity index (χ2v) is 11.2. The van der Waals surface area contributed by atoms with Crippen molar-refractivity contribution in [2.24, 2.45) is 0 Å². The van der Waals surface area contributed by atoms with Crippen LogP contribution in [0.1, 0.15) is 31.4 Å². The highest BCUT2D eigenvalue weighted by Crippen LogP contribution is 2.41. The summed E-state index contributed by atoms with van der Waals surface area (Å²) < 4.78 is 2.59. The molecule has 0 spiro atoms. The molecule has 0 aliphatic carbocycles. The number of rotatable bonds is 3. The lowest BCUT2D eigenvalue weighted by Crippen LogP contribution is -1.88. The van der Waals surface area contributed by atoms with Crippen LogP contribution in [0.5, 0.6) is 0 Å². The third-order valence-electron chi connectivity index (χ3n) is 6.54. The fourth-order valence-corrected chi connectivity index (χ4v) is 6.80. The Morgan fingerprint density at radius 3 is 2.59 bits per heavy atom. The van der Waals surface area contributed by atoms with Gasteiger partial charge in [-0.2, -0.15) is 0 Å². The van der Waals surface area contributed by atoms with Crippen molar-refractivity contribution in [3.8, 4) is 21.7 Å². The summed E-state index contributed by atoms with van der Waals surface area (Å²) in [6, 6.07) is 18.0. The zero-order valence-electron chi connectivity index (χ0n) is 19.1. The summed E-state index contributed by atoms with van der Waals surface area (Å²) in [5.74, 6) is 2.35. The zero-order chi connectivity index (χ0) is 23.0. The first kappa shape index (κ1) is 19.9. The van der Waals surface area contributed by atoms with Crippen molar-refractivity contribution in [1.82, 2.24) is 19.9 Å². The summed E-state index contributed by atoms with van der Waals surface area (Å²) in [7, 11) is 0. The Balaban J connectivity index is 1.41. The molecule has 0 atom stereocenters. The predicted molar refractivity (Wildman–Crippen MR) is 146 cm³/mol. The molecule has 0 unspecified atom stereocenters. The molecule has 0 saturated carbocycles. The normalized spacial score (nSPS) is 12.2. The zero-order valence-corrected chi connectivity index (χ0v) is 20.7. The van der Waals surface area contributed by atoms with Gasteiger partial charge in [0, 0.05) is 41.9 Å². The van der Waals surface area contributed by atoms with E-state index in [0.717, 1.165) is 28.4 Å². The lowest BCUT2D eigenvalue weighted by atomic mass is 10.0. The standard InChI is InChI=1S/C28H22N4S2/c1-14(2)28-31-25-19-7-6-17(10-21(19)27-20(8-9-33-27)26(25)32-28)24-12-18-5-4-16(11-23(18)34-24)22-13-29-15(3)30-22/h4-14H,1-3H3,(H,29,30)(H,31,32). The number of aryl methyl sites for hydroxylation is 1. The topological polar surface area (TPSA) is 57.4 Å². The Morgan fingerprint density at radius 1 is 0.882 bits per heavy atom. The molecule has 0 fully saturated rings. The Kier molecular flexibility index (Phi) is 4.26. The maximum Gasteiger partial charge on any atom is 0.109 e. The largest absolute Gasteiger partial charge is 0.342 e. The highest BCUT2D eigenvalue weighted by Gasteiger charge is 2.16. The lowest BCUT2D eigenvalue weighted by molar-refractivity contribution is 0.799. The van der Waals surface area contributed by atoms with Crippen molar-refractivity contribution >= 4 is 64.7 Å². The van der Waals surface area contributed by atoms with Gasteiger partial charge < -0.3 is 9.97 Å². The summed E-state index contributed by atoms with van der Waals surface area (Å²) in [6.07, 6.45) is 1.90. The van der Waals surface area contributed by atoms with Gasteiger partial charge in [0.15, 0.2) is 0 Å². The monoisotopic (exact) mass is 478 g/mol. The van der Waals surface area contributed by atoms with E-state index in [-0.39, 0.29) is 0 Å². The molecule has 4 nitrogen and oxygen atoms in total. The molecule has 4 heterocycles. The second kappa shape index (κ2) is 7.26. The van der Waals surface area contributed by atoms with Gasteiger partial charge in [0.1, 0.15) is 11.6 Å². The third kappa shape index (κ3) is 2.95. The number of benzene rings is 3. The summed E-state index contributed by atoms with van der Waals surface area (Å²) in [6.45, 7) is 6.35. The summed E-state index contributed by atoms with van der Waals surface area (Å²) in [5, 5.41) is 7.22. The number of imidazole rings is 2. The van der Waals surface area contributed by atoms with E-state index in [4.69, 9.17) is 4.98 Å². The number of aromatic amines is 2. The number of hydrogen-bond donors (Lipinski definition) is 2. The molecule has 7 rings (SSSR count). The molecular formula is C28H22N4S2. The number of aromatic nitrogens is 4. The van der Waals surface area contributed by atoms with Crippen LogP contribution in [0.15, 0.2) is 60.1 Å². The predicted octanol–water partition coefficient (Wildman–Crippen LogP) is 8.63. The minimum absolute atomic E-state index is 0.365. The van der Waals surface area contributed by atoms with Crippen LogP contribution >= 0.6 is 22.7 Å². The highest BCUT2D eigenvalue weighted by molar-refractivity contribution is 7.22. The van der Waals surface area contributed by atoms with Crippen molar-refractivity contribution < 1.29 is 0 Å². The summed E-state index contributed by atoms with van der Waals surface area (Å²) >= 11 is 3.64. The van der Waals surface area contributed by atoms with Crippen LogP contribution in [0, 0.1) is 6.92 Å². The average Bonchev–Trinajstić information content (AvgIpc) is 3.62. The van der Waals surface area contributed by atoms with Gasteiger partial charge in [-0.05, 0) is 47.5 Å². The molecule has 34 heavy (non-hydrogen) atoms. The van der Waals surface area contributed by atoms with Gasteiger partial charge in [-0.15, -0.1) is 22.7 Å². The SMILES string of the molecule is Cc1ncc(-c2ccc3cc(-c4ccc5c(c4)c4sccc4c4nc(C(C)C)[nH]c54)sc3c2)[nH]1. The van der Waals surface area contributed by atoms with E-state index >= 15 is 0 Å². The van der Waals surface area contributed by atoms with Gasteiger partial charge in [-0.1, -0.05) is 38.1 Å². The fourth-order valence-electron chi connectivity index (χ4n) is 4.77. The number of H-pyrrole nitrogens is 2. The van der Waals surface area contributed by atoms with Crippen LogP contribution in [0.25, 0.3) is 63.7 Å². The van der Waals surface area contributed by atoms with Crippen LogP contribution in [0.4, 0.5) is 0 Å². The van der Waals surface area contributed by atoms with Gasteiger partial charge in [0.05, 0.1) is 22.9 Å². The van der Waals surface area contributed by atoms with Crippen LogP contribution in [0.2, 0.25) is 0 Å². The second-order valence-electron chi connectivity index (χ2n) is 9.17. The minimum Gasteiger partial charge on any atom is -0.342 e. The van der Waals surface area contributed by atoms with E-state index in [1.54, 1.807) is 11.3 Å². The van der Waals surface area contributed by atoms with Crippen LogP contribution in [0.3, 0.4) is 0 Å². The Labute approximate surface area is 204 Å². The molecule has 0 aliphatic rings. The third-order valence-corrected chi connectivity index (χ3v) is 8.64. The van der Waals surface area contributed by atoms with Gasteiger partial charge in [-0.25, -0.2) is 9.97 Å². The van der Waals surface area contributed by atoms with Gasteiger partial charge in [0.25, 0.3) is 0 Å². The molecule has 2 N–H and O–H groups in total. The van der Waals surface area contributed by atoms with E-state index in [1.165, 1.54) is 46.9 Å². The van der Waals surface area contributed by atoms with Crippen molar-refractivity contribution in [1.29, 1.82) is 0 Å². The Hall–Kier alpha value is -3.48. The van der Waals surface area contributed by atoms with Gasteiger partial charge in [-0.3, -0.25) is 0 Å². The number of thiophene rings is 2. The number of fused-ring (bicyclic) bond motifs is 7. The molecule has 3 aromatic carbocycles. The van der Waals surface area contributed by atoms with Crippen LogP contribution in [-0.4, -0.2) is 19.9 Å². The molecule has 4 aromatic heterocycles. The Morgan fingerprint density at radius 2 is 1.76 bits per heavy atom. The highest BCUT2D eigenvalue weighted by atomic mass is 32.1. The van der Waals surface area contributed by atoms with E-state index in [2.05, 4.69) is 82.7 Å². The Bertz CT molecular complexity index is 1860. The van der Waals surface area contributed by atoms with Crippen molar-refractivity contribution in [2.45, 2.75) is 26.7 Å². The van der Waals surface area contributed by atoms with Crippen molar-refractivity contribution in [3.63, 3.8) is 0 Å². The fraction of sp³-hybridized carbons (Fsp3) is 0.143. The number of nitrogens with one attached hydrogen (secondary N) is 2. The molecule has 6 heteroatoms. The maximum absolute atomic E-state index is 4.95. The van der Waals surface area contributed by atoms with Crippen molar-refractivity contribution in [3.05, 3.63) is 71.8 Å². The first-order chi connectivity index (χ1) is 16.5. The first-order valence-corrected chi connectivity index (χ1v) is 13.1. The van der Waals surface area contributed by atoms with E-state index < -0.39 is 0 Å². The quantitative estimate of drug-likeness (QED) is 0.267. The molecular weight excluding hydrogens is 456 g/mol. The molecule has 0 amide bonds. The first-order valence-electron chi connectivity index (χ1n) is 11.4. The molecule has 166 valence electrons. The molecule has 7 aromatic rings. The van der Waals surface area contributed by atoms with E-state index in [0.29, 0.717) is 5.92 Å². The molecule has 0 saturated heterocycles. The van der Waals surface area contributed by atoms with Gasteiger partial charge in [0.2, 0.25) is 0 Å². The average molecular weight is 479 g/mol. The molecule has 0 aliphatic heterocycles. The number of nitrogens with zero attached hydrogens (tertiary/aromatic N) is 2. The summed E-state index contributed by atoms with van der Waals surface area (Å²) in [4.78, 5) is 17.5. The van der Waals surface area contributed by atoms with Crippen LogP contribution in [-0.2, 0) is 0 Å². The molecule has 0 bridgehead atoms. The summed E-state index contributed by atoms with van der Waals surface area (Å²) in [5.41, 5.74) is 5.72.